The number of hydrogen-bond acceptors (Lipinski definition) is 5. The molecule has 3 rings (SSSR count). The van der Waals surface area contributed by atoms with Crippen LogP contribution in [0.4, 0.5) is 5.82 Å². The Morgan fingerprint density at radius 2 is 2.29 bits per heavy atom. The van der Waals surface area contributed by atoms with Crippen molar-refractivity contribution in [2.24, 2.45) is 5.92 Å². The molecule has 0 aromatic carbocycles. The Morgan fingerprint density at radius 3 is 2.96 bits per heavy atom. The topological polar surface area (TPSA) is 69.2 Å². The largest absolute Gasteiger partial charge is 0.355 e. The predicted molar refractivity (Wildman–Crippen MR) is 95.0 cm³/mol. The molecule has 0 amide bonds. The van der Waals surface area contributed by atoms with Crippen molar-refractivity contribution in [3.8, 4) is 6.07 Å². The van der Waals surface area contributed by atoms with Gasteiger partial charge in [-0.15, -0.1) is 0 Å². The van der Waals surface area contributed by atoms with Crippen LogP contribution in [0.5, 0.6) is 0 Å². The van der Waals surface area contributed by atoms with Crippen LogP contribution in [0.25, 0.3) is 5.65 Å². The van der Waals surface area contributed by atoms with Crippen molar-refractivity contribution in [1.29, 1.82) is 5.26 Å². The summed E-state index contributed by atoms with van der Waals surface area (Å²) < 4.78 is 1.88. The monoisotopic (exact) mass is 326 g/mol. The quantitative estimate of drug-likeness (QED) is 0.884. The minimum Gasteiger partial charge on any atom is -0.355 e. The Bertz CT molecular complexity index is 738. The van der Waals surface area contributed by atoms with Gasteiger partial charge < -0.3 is 10.2 Å². The van der Waals surface area contributed by atoms with E-state index in [1.54, 1.807) is 0 Å². The van der Waals surface area contributed by atoms with Gasteiger partial charge in [0, 0.05) is 30.9 Å². The average molecular weight is 326 g/mol. The summed E-state index contributed by atoms with van der Waals surface area (Å²) in [4.78, 5) is 7.06. The number of nitriles is 1. The second-order valence-electron chi connectivity index (χ2n) is 6.58. The van der Waals surface area contributed by atoms with Crippen molar-refractivity contribution in [2.45, 2.75) is 46.1 Å². The van der Waals surface area contributed by atoms with Gasteiger partial charge in [-0.25, -0.2) is 9.50 Å². The smallest absolute Gasteiger partial charge is 0.157 e. The molecule has 1 fully saturated rings. The third-order valence-electron chi connectivity index (χ3n) is 4.68. The fourth-order valence-corrected chi connectivity index (χ4v) is 3.46. The van der Waals surface area contributed by atoms with Crippen LogP contribution in [-0.2, 0) is 0 Å². The lowest BCUT2D eigenvalue weighted by molar-refractivity contribution is 0.495. The van der Waals surface area contributed by atoms with E-state index in [1.807, 2.05) is 4.52 Å². The van der Waals surface area contributed by atoms with Gasteiger partial charge in [-0.05, 0) is 26.3 Å². The predicted octanol–water partition coefficient (Wildman–Crippen LogP) is 2.84. The highest BCUT2D eigenvalue weighted by Crippen LogP contribution is 2.26. The van der Waals surface area contributed by atoms with Gasteiger partial charge in [0.1, 0.15) is 5.82 Å². The number of rotatable bonds is 6. The fraction of sp³-hybridized carbons (Fsp3) is 0.611. The summed E-state index contributed by atoms with van der Waals surface area (Å²) in [6, 6.07) is 4.74. The fourth-order valence-electron chi connectivity index (χ4n) is 3.46. The Kier molecular flexibility index (Phi) is 5.00. The van der Waals surface area contributed by atoms with E-state index in [0.29, 0.717) is 0 Å². The zero-order chi connectivity index (χ0) is 17.1. The average Bonchev–Trinajstić information content (AvgIpc) is 3.19. The molecule has 128 valence electrons. The first-order valence-corrected chi connectivity index (χ1v) is 8.91. The Morgan fingerprint density at radius 1 is 1.46 bits per heavy atom. The van der Waals surface area contributed by atoms with Gasteiger partial charge in [0.05, 0.1) is 23.7 Å². The lowest BCUT2D eigenvalue weighted by atomic mass is 10.1. The maximum atomic E-state index is 9.12. The zero-order valence-electron chi connectivity index (χ0n) is 14.8. The standard InChI is InChI=1S/C18H26N6/c1-4-6-15(20-5-2)16-9-17-21-18(13(3)11-24(17)22-16)23-8-7-14(10-19)12-23/h9,11,14-15,20H,4-8,12H2,1-3H3. The molecule has 1 saturated heterocycles. The number of aryl methyl sites for hydroxylation is 1. The van der Waals surface area contributed by atoms with Crippen LogP contribution in [0.15, 0.2) is 12.3 Å². The third kappa shape index (κ3) is 3.22. The number of hydrogen-bond donors (Lipinski definition) is 1. The highest BCUT2D eigenvalue weighted by Gasteiger charge is 2.25. The molecule has 0 saturated carbocycles. The van der Waals surface area contributed by atoms with Crippen LogP contribution in [0, 0.1) is 24.2 Å². The minimum absolute atomic E-state index is 0.116. The van der Waals surface area contributed by atoms with Gasteiger partial charge in [-0.3, -0.25) is 0 Å². The molecule has 0 radical (unpaired) electrons. The van der Waals surface area contributed by atoms with Crippen LogP contribution < -0.4 is 10.2 Å². The SMILES string of the molecule is CCCC(NCC)c1cc2nc(N3CCC(C#N)C3)c(C)cn2n1. The van der Waals surface area contributed by atoms with Crippen molar-refractivity contribution in [2.75, 3.05) is 24.5 Å². The van der Waals surface area contributed by atoms with Gasteiger partial charge in [-0.2, -0.15) is 10.4 Å². The van der Waals surface area contributed by atoms with E-state index < -0.39 is 0 Å². The second kappa shape index (κ2) is 7.18. The summed E-state index contributed by atoms with van der Waals surface area (Å²) in [5.41, 5.74) is 3.04. The molecule has 3 heterocycles. The van der Waals surface area contributed by atoms with Gasteiger partial charge >= 0.3 is 0 Å². The van der Waals surface area contributed by atoms with Crippen molar-refractivity contribution in [3.63, 3.8) is 0 Å². The Balaban J connectivity index is 1.92. The molecule has 24 heavy (non-hydrogen) atoms. The molecule has 1 N–H and O–H groups in total. The highest BCUT2D eigenvalue weighted by atomic mass is 15.3. The van der Waals surface area contributed by atoms with Gasteiger partial charge in [0.25, 0.3) is 0 Å². The van der Waals surface area contributed by atoms with Gasteiger partial charge in [0.15, 0.2) is 5.65 Å². The number of nitrogens with zero attached hydrogens (tertiary/aromatic N) is 5. The molecule has 0 aliphatic carbocycles. The van der Waals surface area contributed by atoms with E-state index in [4.69, 9.17) is 15.3 Å². The van der Waals surface area contributed by atoms with Crippen molar-refractivity contribution >= 4 is 11.5 Å². The van der Waals surface area contributed by atoms with Crippen molar-refractivity contribution in [1.82, 2.24) is 19.9 Å². The normalized spacial score (nSPS) is 18.9. The molecule has 1 aliphatic heterocycles. The van der Waals surface area contributed by atoms with Crippen LogP contribution in [0.3, 0.4) is 0 Å². The Labute approximate surface area is 143 Å². The lowest BCUT2D eigenvalue weighted by Gasteiger charge is -2.18. The van der Waals surface area contributed by atoms with Crippen LogP contribution in [0.2, 0.25) is 0 Å². The maximum Gasteiger partial charge on any atom is 0.157 e. The Hall–Kier alpha value is -2.13. The van der Waals surface area contributed by atoms with E-state index in [-0.39, 0.29) is 12.0 Å². The molecule has 0 bridgehead atoms. The summed E-state index contributed by atoms with van der Waals surface area (Å²) in [6.45, 7) is 8.99. The lowest BCUT2D eigenvalue weighted by Crippen LogP contribution is -2.22. The molecule has 2 atom stereocenters. The molecular formula is C18H26N6. The van der Waals surface area contributed by atoms with Crippen LogP contribution in [-0.4, -0.2) is 34.2 Å². The second-order valence-corrected chi connectivity index (χ2v) is 6.58. The number of fused-ring (bicyclic) bond motifs is 1. The van der Waals surface area contributed by atoms with Crippen molar-refractivity contribution in [3.05, 3.63) is 23.5 Å². The van der Waals surface area contributed by atoms with E-state index in [2.05, 4.69) is 49.3 Å². The van der Waals surface area contributed by atoms with Crippen molar-refractivity contribution < 1.29 is 0 Å². The number of aromatic nitrogens is 3. The molecule has 1 aliphatic rings. The third-order valence-corrected chi connectivity index (χ3v) is 4.68. The first-order chi connectivity index (χ1) is 11.7. The molecule has 6 nitrogen and oxygen atoms in total. The first kappa shape index (κ1) is 16.7. The molecule has 6 heteroatoms. The minimum atomic E-state index is 0.116. The molecule has 0 spiro atoms. The number of nitrogens with one attached hydrogen (secondary N) is 1. The van der Waals surface area contributed by atoms with E-state index in [9.17, 15) is 0 Å². The van der Waals surface area contributed by atoms with E-state index in [0.717, 1.165) is 61.6 Å². The summed E-state index contributed by atoms with van der Waals surface area (Å²) in [5.74, 6) is 1.10. The van der Waals surface area contributed by atoms with Gasteiger partial charge in [0.2, 0.25) is 0 Å². The highest BCUT2D eigenvalue weighted by molar-refractivity contribution is 5.54. The summed E-state index contributed by atoms with van der Waals surface area (Å²) >= 11 is 0. The summed E-state index contributed by atoms with van der Waals surface area (Å²) in [7, 11) is 0. The number of anilines is 1. The molecule has 2 aromatic heterocycles. The zero-order valence-corrected chi connectivity index (χ0v) is 14.8. The summed E-state index contributed by atoms with van der Waals surface area (Å²) in [6.07, 6.45) is 5.16. The summed E-state index contributed by atoms with van der Waals surface area (Å²) in [5, 5.41) is 17.4. The van der Waals surface area contributed by atoms with E-state index >= 15 is 0 Å². The maximum absolute atomic E-state index is 9.12. The first-order valence-electron chi connectivity index (χ1n) is 8.91. The van der Waals surface area contributed by atoms with E-state index in [1.165, 1.54) is 0 Å². The molecular weight excluding hydrogens is 300 g/mol. The van der Waals surface area contributed by atoms with Crippen LogP contribution in [0.1, 0.15) is 50.4 Å². The van der Waals surface area contributed by atoms with Gasteiger partial charge in [-0.1, -0.05) is 20.3 Å². The molecule has 2 aromatic rings. The van der Waals surface area contributed by atoms with Crippen LogP contribution >= 0.6 is 0 Å². The molecule has 2 unspecified atom stereocenters.